The maximum atomic E-state index is 10.8. The number of fused-ring (bicyclic) bond motifs is 1. The normalized spacial score (nSPS) is 27.0. The minimum absolute atomic E-state index is 0.227. The Morgan fingerprint density at radius 3 is 2.82 bits per heavy atom. The predicted octanol–water partition coefficient (Wildman–Crippen LogP) is -1.46. The molecule has 0 aliphatic carbocycles. The van der Waals surface area contributed by atoms with Gasteiger partial charge in [0.05, 0.1) is 12.6 Å². The maximum absolute atomic E-state index is 10.8. The molecule has 154 valence electrons. The topological polar surface area (TPSA) is 169 Å². The fourth-order valence-electron chi connectivity index (χ4n) is 3.13. The molecule has 0 aromatic carbocycles. The minimum atomic E-state index is -1.14. The van der Waals surface area contributed by atoms with Crippen molar-refractivity contribution in [1.82, 2.24) is 19.5 Å². The molecule has 3 rings (SSSR count). The Morgan fingerprint density at radius 1 is 1.39 bits per heavy atom. The van der Waals surface area contributed by atoms with Crippen LogP contribution in [0.15, 0.2) is 12.7 Å². The molecule has 1 fully saturated rings. The number of aliphatic carboxylic acids is 1. The summed E-state index contributed by atoms with van der Waals surface area (Å²) in [6.45, 7) is 0. The number of rotatable bonds is 8. The highest BCUT2D eigenvalue weighted by Gasteiger charge is 2.46. The summed E-state index contributed by atoms with van der Waals surface area (Å²) in [5.41, 5.74) is 6.57. The molecule has 2 aromatic rings. The zero-order chi connectivity index (χ0) is 20.4. The van der Waals surface area contributed by atoms with E-state index in [1.807, 2.05) is 6.26 Å². The molecule has 3 heterocycles. The number of ether oxygens (including phenoxy) is 1. The van der Waals surface area contributed by atoms with E-state index in [-0.39, 0.29) is 10.9 Å². The number of nitrogens with two attached hydrogens (primary N) is 1. The predicted molar refractivity (Wildman–Crippen MR) is 104 cm³/mol. The van der Waals surface area contributed by atoms with Crippen LogP contribution >= 0.6 is 0 Å². The molecule has 0 bridgehead atoms. The van der Waals surface area contributed by atoms with Gasteiger partial charge in [0.15, 0.2) is 17.7 Å². The van der Waals surface area contributed by atoms with Crippen molar-refractivity contribution >= 4 is 33.8 Å². The molecule has 6 atom stereocenters. The van der Waals surface area contributed by atoms with Crippen molar-refractivity contribution in [3.8, 4) is 0 Å². The van der Waals surface area contributed by atoms with Crippen molar-refractivity contribution in [2.24, 2.45) is 5.73 Å². The molecular formula is C16H25N6O5S+. The lowest BCUT2D eigenvalue weighted by atomic mass is 10.1. The molecule has 1 aliphatic heterocycles. The number of carboxylic acids is 1. The molecule has 0 spiro atoms. The van der Waals surface area contributed by atoms with E-state index in [0.29, 0.717) is 34.9 Å². The van der Waals surface area contributed by atoms with Gasteiger partial charge in [0, 0.05) is 13.5 Å². The second-order valence-electron chi connectivity index (χ2n) is 6.73. The van der Waals surface area contributed by atoms with Gasteiger partial charge in [-0.05, 0) is 10.9 Å². The third-order valence-electron chi connectivity index (χ3n) is 4.75. The highest BCUT2D eigenvalue weighted by molar-refractivity contribution is 7.96. The lowest BCUT2D eigenvalue weighted by Crippen LogP contribution is -2.37. The molecule has 11 nitrogen and oxygen atoms in total. The lowest BCUT2D eigenvalue weighted by Gasteiger charge is -2.16. The van der Waals surface area contributed by atoms with Crippen LogP contribution < -0.4 is 11.1 Å². The molecule has 2 aromatic heterocycles. The highest BCUT2D eigenvalue weighted by atomic mass is 32.2. The average Bonchev–Trinajstić information content (AvgIpc) is 3.22. The lowest BCUT2D eigenvalue weighted by molar-refractivity contribution is -0.138. The third kappa shape index (κ3) is 4.05. The van der Waals surface area contributed by atoms with Crippen molar-refractivity contribution < 1.29 is 24.9 Å². The van der Waals surface area contributed by atoms with E-state index in [2.05, 4.69) is 20.3 Å². The first kappa shape index (κ1) is 20.7. The van der Waals surface area contributed by atoms with E-state index in [1.165, 1.54) is 12.7 Å². The van der Waals surface area contributed by atoms with E-state index in [9.17, 15) is 15.0 Å². The number of nitrogens with zero attached hydrogens (tertiary/aromatic N) is 4. The van der Waals surface area contributed by atoms with Gasteiger partial charge in [0.25, 0.3) is 0 Å². The van der Waals surface area contributed by atoms with Gasteiger partial charge in [0.1, 0.15) is 47.7 Å². The Balaban J connectivity index is 1.70. The van der Waals surface area contributed by atoms with Gasteiger partial charge in [-0.25, -0.2) is 15.0 Å². The summed E-state index contributed by atoms with van der Waals surface area (Å²) in [6.07, 6.45) is 1.56. The molecule has 12 heteroatoms. The summed E-state index contributed by atoms with van der Waals surface area (Å²) < 4.78 is 7.52. The molecule has 1 unspecified atom stereocenters. The molecule has 1 saturated heterocycles. The van der Waals surface area contributed by atoms with E-state index >= 15 is 0 Å². The smallest absolute Gasteiger partial charge is 0.320 e. The fraction of sp³-hybridized carbons (Fsp3) is 0.625. The molecule has 0 radical (unpaired) electrons. The highest BCUT2D eigenvalue weighted by Crippen LogP contribution is 2.33. The van der Waals surface area contributed by atoms with E-state index < -0.39 is 36.6 Å². The molecule has 1 aliphatic rings. The van der Waals surface area contributed by atoms with Crippen LogP contribution in [0.3, 0.4) is 0 Å². The molecule has 0 amide bonds. The van der Waals surface area contributed by atoms with Gasteiger partial charge in [-0.15, -0.1) is 0 Å². The first-order chi connectivity index (χ1) is 13.3. The van der Waals surface area contributed by atoms with Crippen molar-refractivity contribution in [2.45, 2.75) is 37.0 Å². The quantitative estimate of drug-likeness (QED) is 0.322. The third-order valence-corrected chi connectivity index (χ3v) is 6.58. The van der Waals surface area contributed by atoms with Gasteiger partial charge in [-0.1, -0.05) is 0 Å². The van der Waals surface area contributed by atoms with E-state index in [1.54, 1.807) is 11.6 Å². The van der Waals surface area contributed by atoms with Gasteiger partial charge >= 0.3 is 5.97 Å². The summed E-state index contributed by atoms with van der Waals surface area (Å²) in [7, 11) is 1.50. The number of imidazole rings is 1. The first-order valence-electron chi connectivity index (χ1n) is 8.78. The second-order valence-corrected chi connectivity index (χ2v) is 9.03. The summed E-state index contributed by atoms with van der Waals surface area (Å²) >= 11 is 0. The van der Waals surface area contributed by atoms with Crippen LogP contribution in [0, 0.1) is 0 Å². The van der Waals surface area contributed by atoms with Crippen LogP contribution in [0.2, 0.25) is 0 Å². The molecule has 28 heavy (non-hydrogen) atoms. The molecular weight excluding hydrogens is 388 g/mol. The standard InChI is InChI=1S/C16H24N6O5S/c1-18-13-10-14(20-6-19-13)22(7-21-10)15-12(24)11(23)9(27-15)5-28(2)4-3-8(17)16(25)26/h6-9,11-12,15,23-24H,3-5,17H2,1-2H3,(H-,18,19,20,25,26)/p+1/t8-,9+,11+,12+,15+,28?/m0/s1. The Labute approximate surface area is 164 Å². The van der Waals surface area contributed by atoms with E-state index in [4.69, 9.17) is 15.6 Å². The summed E-state index contributed by atoms with van der Waals surface area (Å²) in [5.74, 6) is 0.621. The summed E-state index contributed by atoms with van der Waals surface area (Å²) in [6, 6.07) is -0.902. The Morgan fingerprint density at radius 2 is 2.14 bits per heavy atom. The summed E-state index contributed by atoms with van der Waals surface area (Å²) in [5, 5.41) is 32.8. The second kappa shape index (κ2) is 8.57. The Kier molecular flexibility index (Phi) is 6.35. The van der Waals surface area contributed by atoms with Crippen LogP contribution in [0.5, 0.6) is 0 Å². The SMILES string of the molecule is CNc1ncnc2c1ncn2[C@@H]1O[C@H](C[S+](C)CC[C@H](N)C(=O)O)[C@@H](O)[C@H]1O. The number of carboxylic acid groups (broad SMARTS) is 1. The minimum Gasteiger partial charge on any atom is -0.480 e. The van der Waals surface area contributed by atoms with Crippen molar-refractivity contribution in [2.75, 3.05) is 30.1 Å². The number of hydrogen-bond donors (Lipinski definition) is 5. The number of aromatic nitrogens is 4. The zero-order valence-corrected chi connectivity index (χ0v) is 16.4. The Hall–Kier alpha value is -1.99. The largest absolute Gasteiger partial charge is 0.480 e. The number of nitrogens with one attached hydrogen (secondary N) is 1. The summed E-state index contributed by atoms with van der Waals surface area (Å²) in [4.78, 5) is 23.4. The van der Waals surface area contributed by atoms with Crippen LogP contribution in [-0.2, 0) is 20.4 Å². The van der Waals surface area contributed by atoms with Gasteiger partial charge < -0.3 is 31.1 Å². The molecule has 0 saturated carbocycles. The number of hydrogen-bond acceptors (Lipinski definition) is 9. The van der Waals surface area contributed by atoms with Gasteiger partial charge in [-0.3, -0.25) is 9.36 Å². The number of carbonyl (C=O) groups is 1. The van der Waals surface area contributed by atoms with Crippen LogP contribution in [0.4, 0.5) is 5.82 Å². The number of aliphatic hydroxyl groups excluding tert-OH is 2. The molecule has 6 N–H and O–H groups in total. The van der Waals surface area contributed by atoms with E-state index in [0.717, 1.165) is 0 Å². The van der Waals surface area contributed by atoms with Gasteiger partial charge in [0.2, 0.25) is 0 Å². The van der Waals surface area contributed by atoms with Crippen molar-refractivity contribution in [1.29, 1.82) is 0 Å². The van der Waals surface area contributed by atoms with Crippen LogP contribution in [-0.4, -0.2) is 90.0 Å². The maximum Gasteiger partial charge on any atom is 0.320 e. The first-order valence-corrected chi connectivity index (χ1v) is 10.7. The van der Waals surface area contributed by atoms with Crippen LogP contribution in [0.25, 0.3) is 11.2 Å². The van der Waals surface area contributed by atoms with Crippen LogP contribution in [0.1, 0.15) is 12.6 Å². The van der Waals surface area contributed by atoms with Crippen molar-refractivity contribution in [3.63, 3.8) is 0 Å². The number of anilines is 1. The number of aliphatic hydroxyl groups is 2. The Bertz CT molecular complexity index is 835. The average molecular weight is 413 g/mol. The van der Waals surface area contributed by atoms with Gasteiger partial charge in [-0.2, -0.15) is 0 Å². The zero-order valence-electron chi connectivity index (χ0n) is 15.6. The van der Waals surface area contributed by atoms with Crippen molar-refractivity contribution in [3.05, 3.63) is 12.7 Å². The monoisotopic (exact) mass is 413 g/mol. The fourth-order valence-corrected chi connectivity index (χ4v) is 4.79.